The summed E-state index contributed by atoms with van der Waals surface area (Å²) in [4.78, 5) is 3.17. The number of rotatable bonds is 3. The fourth-order valence-corrected chi connectivity index (χ4v) is 2.05. The topological polar surface area (TPSA) is 25.0 Å². The molecule has 0 amide bonds. The van der Waals surface area contributed by atoms with Crippen molar-refractivity contribution in [2.75, 3.05) is 0 Å². The van der Waals surface area contributed by atoms with Crippen LogP contribution in [0.4, 0.5) is 0 Å². The number of fused-ring (bicyclic) bond motifs is 1. The SMILES string of the molecule is Clc1ccc(COc2cccc3[nH]ccc23)cc1. The lowest BCUT2D eigenvalue weighted by Gasteiger charge is -2.07. The Morgan fingerprint density at radius 3 is 2.67 bits per heavy atom. The van der Waals surface area contributed by atoms with E-state index in [1.165, 1.54) is 0 Å². The van der Waals surface area contributed by atoms with Crippen LogP contribution in [0.15, 0.2) is 54.7 Å². The van der Waals surface area contributed by atoms with Crippen LogP contribution in [0, 0.1) is 0 Å². The van der Waals surface area contributed by atoms with Crippen molar-refractivity contribution in [3.8, 4) is 5.75 Å². The lowest BCUT2D eigenvalue weighted by atomic mass is 10.2. The molecule has 18 heavy (non-hydrogen) atoms. The summed E-state index contributed by atoms with van der Waals surface area (Å²) in [6.07, 6.45) is 1.92. The number of hydrogen-bond acceptors (Lipinski definition) is 1. The Morgan fingerprint density at radius 1 is 1.00 bits per heavy atom. The van der Waals surface area contributed by atoms with Gasteiger partial charge in [-0.15, -0.1) is 0 Å². The monoisotopic (exact) mass is 257 g/mol. The van der Waals surface area contributed by atoms with Gasteiger partial charge in [0, 0.05) is 22.1 Å². The fourth-order valence-electron chi connectivity index (χ4n) is 1.92. The molecule has 0 unspecified atom stereocenters. The maximum Gasteiger partial charge on any atom is 0.129 e. The van der Waals surface area contributed by atoms with Crippen LogP contribution in [0.25, 0.3) is 10.9 Å². The van der Waals surface area contributed by atoms with Gasteiger partial charge in [0.25, 0.3) is 0 Å². The van der Waals surface area contributed by atoms with Gasteiger partial charge >= 0.3 is 0 Å². The molecule has 0 atom stereocenters. The molecule has 2 nitrogen and oxygen atoms in total. The maximum absolute atomic E-state index is 5.85. The molecule has 2 aromatic carbocycles. The van der Waals surface area contributed by atoms with E-state index in [2.05, 4.69) is 4.98 Å². The van der Waals surface area contributed by atoms with Gasteiger partial charge in [-0.25, -0.2) is 0 Å². The molecule has 3 heteroatoms. The van der Waals surface area contributed by atoms with Crippen LogP contribution < -0.4 is 4.74 Å². The Bertz CT molecular complexity index is 658. The van der Waals surface area contributed by atoms with Gasteiger partial charge in [0.1, 0.15) is 12.4 Å². The predicted octanol–water partition coefficient (Wildman–Crippen LogP) is 4.40. The number of nitrogens with one attached hydrogen (secondary N) is 1. The maximum atomic E-state index is 5.85. The van der Waals surface area contributed by atoms with Gasteiger partial charge in [-0.2, -0.15) is 0 Å². The van der Waals surface area contributed by atoms with Crippen molar-refractivity contribution in [2.45, 2.75) is 6.61 Å². The molecule has 0 saturated carbocycles. The molecule has 0 bridgehead atoms. The molecule has 3 rings (SSSR count). The first-order valence-electron chi connectivity index (χ1n) is 5.76. The minimum absolute atomic E-state index is 0.543. The van der Waals surface area contributed by atoms with Crippen molar-refractivity contribution >= 4 is 22.5 Å². The summed E-state index contributed by atoms with van der Waals surface area (Å²) in [5.74, 6) is 0.892. The van der Waals surface area contributed by atoms with Crippen molar-refractivity contribution in [1.29, 1.82) is 0 Å². The minimum atomic E-state index is 0.543. The van der Waals surface area contributed by atoms with E-state index in [1.54, 1.807) is 0 Å². The summed E-state index contributed by atoms with van der Waals surface area (Å²) in [6.45, 7) is 0.543. The smallest absolute Gasteiger partial charge is 0.129 e. The first-order chi connectivity index (χ1) is 8.83. The fraction of sp³-hybridized carbons (Fsp3) is 0.0667. The van der Waals surface area contributed by atoms with Crippen LogP contribution >= 0.6 is 11.6 Å². The summed E-state index contributed by atoms with van der Waals surface area (Å²) in [7, 11) is 0. The highest BCUT2D eigenvalue weighted by Crippen LogP contribution is 2.25. The third kappa shape index (κ3) is 2.20. The van der Waals surface area contributed by atoms with Gasteiger partial charge in [-0.1, -0.05) is 29.8 Å². The van der Waals surface area contributed by atoms with Crippen molar-refractivity contribution in [3.63, 3.8) is 0 Å². The van der Waals surface area contributed by atoms with Gasteiger partial charge in [0.2, 0.25) is 0 Å². The molecule has 0 saturated heterocycles. The number of benzene rings is 2. The number of hydrogen-bond donors (Lipinski definition) is 1. The predicted molar refractivity (Wildman–Crippen MR) is 74.1 cm³/mol. The van der Waals surface area contributed by atoms with E-state index in [0.717, 1.165) is 27.2 Å². The van der Waals surface area contributed by atoms with Crippen LogP contribution in [0.1, 0.15) is 5.56 Å². The number of H-pyrrole nitrogens is 1. The molecule has 0 spiro atoms. The Hall–Kier alpha value is -1.93. The molecule has 0 aliphatic rings. The Labute approximate surface area is 110 Å². The van der Waals surface area contributed by atoms with Crippen LogP contribution in [-0.2, 0) is 6.61 Å². The van der Waals surface area contributed by atoms with E-state index in [9.17, 15) is 0 Å². The summed E-state index contributed by atoms with van der Waals surface area (Å²) in [5, 5.41) is 1.85. The van der Waals surface area contributed by atoms with Crippen LogP contribution in [0.2, 0.25) is 5.02 Å². The Kier molecular flexibility index (Phi) is 2.95. The normalized spacial score (nSPS) is 10.7. The highest BCUT2D eigenvalue weighted by atomic mass is 35.5. The Morgan fingerprint density at radius 2 is 1.83 bits per heavy atom. The van der Waals surface area contributed by atoms with Gasteiger partial charge in [0.05, 0.1) is 0 Å². The molecule has 1 heterocycles. The van der Waals surface area contributed by atoms with E-state index < -0.39 is 0 Å². The molecular formula is C15H12ClNO. The van der Waals surface area contributed by atoms with Crippen molar-refractivity contribution in [2.24, 2.45) is 0 Å². The van der Waals surface area contributed by atoms with Crippen LogP contribution in [-0.4, -0.2) is 4.98 Å². The van der Waals surface area contributed by atoms with Crippen molar-refractivity contribution in [1.82, 2.24) is 4.98 Å². The second-order valence-electron chi connectivity index (χ2n) is 4.11. The second-order valence-corrected chi connectivity index (χ2v) is 4.55. The summed E-state index contributed by atoms with van der Waals surface area (Å²) in [5.41, 5.74) is 2.19. The van der Waals surface area contributed by atoms with E-state index in [0.29, 0.717) is 6.61 Å². The zero-order chi connectivity index (χ0) is 12.4. The number of aromatic amines is 1. The molecule has 0 aliphatic carbocycles. The Balaban J connectivity index is 1.80. The molecule has 0 aliphatic heterocycles. The van der Waals surface area contributed by atoms with E-state index in [4.69, 9.17) is 16.3 Å². The zero-order valence-electron chi connectivity index (χ0n) is 9.69. The van der Waals surface area contributed by atoms with Crippen molar-refractivity contribution < 1.29 is 4.74 Å². The van der Waals surface area contributed by atoms with Crippen molar-refractivity contribution in [3.05, 3.63) is 65.3 Å². The highest BCUT2D eigenvalue weighted by Gasteiger charge is 2.02. The standard InChI is InChI=1S/C15H12ClNO/c16-12-6-4-11(5-7-12)10-18-15-3-1-2-14-13(15)8-9-17-14/h1-9,17H,10H2. The van der Waals surface area contributed by atoms with Gasteiger partial charge in [-0.05, 0) is 35.9 Å². The largest absolute Gasteiger partial charge is 0.488 e. The van der Waals surface area contributed by atoms with E-state index >= 15 is 0 Å². The lowest BCUT2D eigenvalue weighted by molar-refractivity contribution is 0.310. The van der Waals surface area contributed by atoms with Gasteiger partial charge in [0.15, 0.2) is 0 Å². The van der Waals surface area contributed by atoms with E-state index in [-0.39, 0.29) is 0 Å². The second kappa shape index (κ2) is 4.75. The zero-order valence-corrected chi connectivity index (χ0v) is 10.4. The third-order valence-corrected chi connectivity index (χ3v) is 3.11. The molecule has 90 valence electrons. The summed E-state index contributed by atoms with van der Waals surface area (Å²) < 4.78 is 5.84. The van der Waals surface area contributed by atoms with Crippen LogP contribution in [0.5, 0.6) is 5.75 Å². The number of halogens is 1. The number of aromatic nitrogens is 1. The van der Waals surface area contributed by atoms with E-state index in [1.807, 2.05) is 54.7 Å². The quantitative estimate of drug-likeness (QED) is 0.739. The molecule has 1 N–H and O–H groups in total. The summed E-state index contributed by atoms with van der Waals surface area (Å²) in [6, 6.07) is 15.7. The average molecular weight is 258 g/mol. The minimum Gasteiger partial charge on any atom is -0.488 e. The highest BCUT2D eigenvalue weighted by molar-refractivity contribution is 6.30. The molecule has 0 radical (unpaired) electrons. The summed E-state index contributed by atoms with van der Waals surface area (Å²) >= 11 is 5.85. The first-order valence-corrected chi connectivity index (χ1v) is 6.14. The third-order valence-electron chi connectivity index (χ3n) is 2.86. The average Bonchev–Trinajstić information content (AvgIpc) is 2.87. The molecule has 1 aromatic heterocycles. The first kappa shape index (κ1) is 11.2. The molecular weight excluding hydrogens is 246 g/mol. The van der Waals surface area contributed by atoms with Gasteiger partial charge < -0.3 is 9.72 Å². The molecule has 0 fully saturated rings. The van der Waals surface area contributed by atoms with Crippen LogP contribution in [0.3, 0.4) is 0 Å². The van der Waals surface area contributed by atoms with Gasteiger partial charge in [-0.3, -0.25) is 0 Å². The number of ether oxygens (including phenoxy) is 1. The molecule has 3 aromatic rings. The lowest BCUT2D eigenvalue weighted by Crippen LogP contribution is -1.95.